The molecule has 3 unspecified atom stereocenters. The van der Waals surface area contributed by atoms with Crippen LogP contribution in [0.3, 0.4) is 0 Å². The van der Waals surface area contributed by atoms with Crippen LogP contribution in [0.1, 0.15) is 47.0 Å². The van der Waals surface area contributed by atoms with Gasteiger partial charge in [0, 0.05) is 6.04 Å². The van der Waals surface area contributed by atoms with E-state index in [4.69, 9.17) is 0 Å². The molecule has 1 N–H and O–H groups in total. The molecule has 2 heteroatoms. The van der Waals surface area contributed by atoms with Crippen molar-refractivity contribution in [2.45, 2.75) is 53.0 Å². The summed E-state index contributed by atoms with van der Waals surface area (Å²) in [7, 11) is 0. The summed E-state index contributed by atoms with van der Waals surface area (Å²) >= 11 is 0. The summed E-state index contributed by atoms with van der Waals surface area (Å²) in [5.74, 6) is 0.765. The molecule has 0 bridgehead atoms. The van der Waals surface area contributed by atoms with Crippen molar-refractivity contribution in [3.63, 3.8) is 0 Å². The number of rotatable bonds is 6. The Morgan fingerprint density at radius 3 is 2.68 bits per heavy atom. The molecule has 1 rings (SSSR count). The first-order chi connectivity index (χ1) is 8.84. The number of halogens is 1. The number of nitrogens with one attached hydrogen (secondary N) is 1. The van der Waals surface area contributed by atoms with E-state index in [1.165, 1.54) is 0 Å². The lowest BCUT2D eigenvalue weighted by molar-refractivity contribution is 0.249. The zero-order valence-electron chi connectivity index (χ0n) is 12.7. The maximum Gasteiger partial charge on any atom is 0.119 e. The summed E-state index contributed by atoms with van der Waals surface area (Å²) in [6.07, 6.45) is 10.2. The molecule has 0 aromatic carbocycles. The normalized spacial score (nSPS) is 22.6. The predicted octanol–water partition coefficient (Wildman–Crippen LogP) is 4.98. The fraction of sp³-hybridized carbons (Fsp3) is 0.647. The van der Waals surface area contributed by atoms with Crippen LogP contribution < -0.4 is 5.32 Å². The zero-order chi connectivity index (χ0) is 14.5. The molecule has 0 heterocycles. The molecule has 0 saturated heterocycles. The molecule has 0 spiro atoms. The van der Waals surface area contributed by atoms with E-state index < -0.39 is 0 Å². The van der Waals surface area contributed by atoms with Crippen LogP contribution in [0.2, 0.25) is 0 Å². The summed E-state index contributed by atoms with van der Waals surface area (Å²) in [4.78, 5) is 0. The minimum absolute atomic E-state index is 0.0836. The molecule has 108 valence electrons. The minimum Gasteiger partial charge on any atom is -0.388 e. The Morgan fingerprint density at radius 1 is 1.47 bits per heavy atom. The molecule has 19 heavy (non-hydrogen) atoms. The van der Waals surface area contributed by atoms with E-state index in [0.29, 0.717) is 17.9 Å². The van der Waals surface area contributed by atoms with Crippen LogP contribution in [-0.2, 0) is 0 Å². The third-order valence-electron chi connectivity index (χ3n) is 4.06. The average molecular weight is 265 g/mol. The first-order valence-electron chi connectivity index (χ1n) is 7.25. The molecule has 3 atom stereocenters. The molecular formula is C17H28FN. The number of hydrogen-bond acceptors (Lipinski definition) is 1. The molecule has 0 saturated carbocycles. The van der Waals surface area contributed by atoms with Gasteiger partial charge >= 0.3 is 0 Å². The lowest BCUT2D eigenvalue weighted by Gasteiger charge is -2.33. The molecule has 1 aliphatic carbocycles. The van der Waals surface area contributed by atoms with Crippen LogP contribution in [0, 0.1) is 17.3 Å². The van der Waals surface area contributed by atoms with Gasteiger partial charge < -0.3 is 5.32 Å². The molecule has 1 nitrogen and oxygen atoms in total. The quantitative estimate of drug-likeness (QED) is 0.714. The predicted molar refractivity (Wildman–Crippen MR) is 81.4 cm³/mol. The van der Waals surface area contributed by atoms with Crippen LogP contribution in [0.5, 0.6) is 0 Å². The van der Waals surface area contributed by atoms with Crippen molar-refractivity contribution < 1.29 is 4.39 Å². The molecule has 0 radical (unpaired) electrons. The molecule has 0 fully saturated rings. The van der Waals surface area contributed by atoms with Crippen molar-refractivity contribution in [3.05, 3.63) is 36.8 Å². The van der Waals surface area contributed by atoms with Crippen molar-refractivity contribution >= 4 is 0 Å². The SMILES string of the molecule is C=CNC(CCC(C)C1C=C(F)C=CC1)C(C)(C)C. The lowest BCUT2D eigenvalue weighted by Crippen LogP contribution is -2.37. The summed E-state index contributed by atoms with van der Waals surface area (Å²) in [5, 5.41) is 3.35. The Balaban J connectivity index is 2.50. The van der Waals surface area contributed by atoms with Gasteiger partial charge in [0.2, 0.25) is 0 Å². The van der Waals surface area contributed by atoms with Crippen LogP contribution in [0.15, 0.2) is 36.8 Å². The second-order valence-electron chi connectivity index (χ2n) is 6.70. The maximum absolute atomic E-state index is 13.3. The van der Waals surface area contributed by atoms with Crippen LogP contribution in [-0.4, -0.2) is 6.04 Å². The summed E-state index contributed by atoms with van der Waals surface area (Å²) in [5.41, 5.74) is 0.210. The highest BCUT2D eigenvalue weighted by Crippen LogP contribution is 2.30. The fourth-order valence-corrected chi connectivity index (χ4v) is 2.61. The first-order valence-corrected chi connectivity index (χ1v) is 7.25. The van der Waals surface area contributed by atoms with Crippen molar-refractivity contribution in [2.75, 3.05) is 0 Å². The Labute approximate surface area is 117 Å². The van der Waals surface area contributed by atoms with E-state index in [1.54, 1.807) is 18.4 Å². The van der Waals surface area contributed by atoms with Gasteiger partial charge in [-0.2, -0.15) is 0 Å². The van der Waals surface area contributed by atoms with Gasteiger partial charge in [-0.1, -0.05) is 40.3 Å². The summed E-state index contributed by atoms with van der Waals surface area (Å²) in [6.45, 7) is 12.7. The Bertz CT molecular complexity index is 349. The summed E-state index contributed by atoms with van der Waals surface area (Å²) < 4.78 is 13.3. The Kier molecular flexibility index (Phi) is 5.84. The number of allylic oxidation sites excluding steroid dienone is 4. The maximum atomic E-state index is 13.3. The van der Waals surface area contributed by atoms with Gasteiger partial charge in [-0.3, -0.25) is 0 Å². The van der Waals surface area contributed by atoms with Gasteiger partial charge in [0.1, 0.15) is 5.83 Å². The van der Waals surface area contributed by atoms with Gasteiger partial charge in [0.05, 0.1) is 0 Å². The van der Waals surface area contributed by atoms with Crippen molar-refractivity contribution in [2.24, 2.45) is 17.3 Å². The van der Waals surface area contributed by atoms with Gasteiger partial charge in [-0.15, -0.1) is 0 Å². The second kappa shape index (κ2) is 6.93. The summed E-state index contributed by atoms with van der Waals surface area (Å²) in [6, 6.07) is 0.417. The highest BCUT2D eigenvalue weighted by atomic mass is 19.1. The molecule has 0 aliphatic heterocycles. The van der Waals surface area contributed by atoms with E-state index in [1.807, 2.05) is 6.08 Å². The zero-order valence-corrected chi connectivity index (χ0v) is 12.7. The van der Waals surface area contributed by atoms with Gasteiger partial charge in [-0.05, 0) is 54.9 Å². The molecule has 0 aromatic rings. The fourth-order valence-electron chi connectivity index (χ4n) is 2.61. The van der Waals surface area contributed by atoms with E-state index in [2.05, 4.69) is 39.6 Å². The monoisotopic (exact) mass is 265 g/mol. The third-order valence-corrected chi connectivity index (χ3v) is 4.06. The molecule has 1 aliphatic rings. The van der Waals surface area contributed by atoms with E-state index in [0.717, 1.165) is 19.3 Å². The van der Waals surface area contributed by atoms with E-state index in [9.17, 15) is 4.39 Å². The minimum atomic E-state index is -0.0836. The Morgan fingerprint density at radius 2 is 2.16 bits per heavy atom. The van der Waals surface area contributed by atoms with Crippen LogP contribution in [0.4, 0.5) is 4.39 Å². The highest BCUT2D eigenvalue weighted by Gasteiger charge is 2.25. The molecule has 0 aromatic heterocycles. The van der Waals surface area contributed by atoms with Gasteiger partial charge in [0.15, 0.2) is 0 Å². The first kappa shape index (κ1) is 16.0. The highest BCUT2D eigenvalue weighted by molar-refractivity contribution is 5.18. The average Bonchev–Trinajstić information content (AvgIpc) is 2.32. The Hall–Kier alpha value is -1.05. The van der Waals surface area contributed by atoms with E-state index >= 15 is 0 Å². The van der Waals surface area contributed by atoms with E-state index in [-0.39, 0.29) is 11.2 Å². The molecular weight excluding hydrogens is 237 g/mol. The largest absolute Gasteiger partial charge is 0.388 e. The third kappa shape index (κ3) is 5.22. The van der Waals surface area contributed by atoms with Crippen molar-refractivity contribution in [1.29, 1.82) is 0 Å². The topological polar surface area (TPSA) is 12.0 Å². The van der Waals surface area contributed by atoms with Gasteiger partial charge in [0.25, 0.3) is 0 Å². The number of hydrogen-bond donors (Lipinski definition) is 1. The van der Waals surface area contributed by atoms with Crippen LogP contribution in [0.25, 0.3) is 0 Å². The second-order valence-corrected chi connectivity index (χ2v) is 6.70. The smallest absolute Gasteiger partial charge is 0.119 e. The molecule has 0 amide bonds. The van der Waals surface area contributed by atoms with Gasteiger partial charge in [-0.25, -0.2) is 4.39 Å². The standard InChI is InChI=1S/C17H28FN/c1-6-19-16(17(3,4)5)11-10-13(2)14-8-7-9-15(18)12-14/h6-7,9,12-14,16,19H,1,8,10-11H2,2-5H3. The van der Waals surface area contributed by atoms with Crippen LogP contribution >= 0.6 is 0 Å². The van der Waals surface area contributed by atoms with Crippen molar-refractivity contribution in [1.82, 2.24) is 5.32 Å². The van der Waals surface area contributed by atoms with Crippen molar-refractivity contribution in [3.8, 4) is 0 Å². The lowest BCUT2D eigenvalue weighted by atomic mass is 9.79.